The van der Waals surface area contributed by atoms with Crippen LogP contribution in [0.4, 0.5) is 17.2 Å². The SMILES string of the molecule is CSCCC(Nc1nc(SC)nc(Oc2cc(C3=NCCN3)cc(N(C)C)c2)c1[N+](=O)[O-])C(=O)O. The summed E-state index contributed by atoms with van der Waals surface area (Å²) in [5.74, 6) is -0.0360. The predicted octanol–water partition coefficient (Wildman–Crippen LogP) is 2.93. The molecule has 0 saturated carbocycles. The van der Waals surface area contributed by atoms with Crippen molar-refractivity contribution in [2.75, 3.05) is 55.7 Å². The van der Waals surface area contributed by atoms with Crippen molar-refractivity contribution in [2.24, 2.45) is 4.99 Å². The van der Waals surface area contributed by atoms with E-state index in [1.54, 1.807) is 18.4 Å². The maximum Gasteiger partial charge on any atom is 0.373 e. The lowest BCUT2D eigenvalue weighted by Gasteiger charge is -2.18. The average molecular weight is 522 g/mol. The molecule has 0 fully saturated rings. The van der Waals surface area contributed by atoms with E-state index in [-0.39, 0.29) is 23.3 Å². The third kappa shape index (κ3) is 6.66. The molecule has 0 saturated heterocycles. The lowest BCUT2D eigenvalue weighted by atomic mass is 10.1. The topological polar surface area (TPSA) is 155 Å². The van der Waals surface area contributed by atoms with Crippen LogP contribution >= 0.6 is 23.5 Å². The minimum absolute atomic E-state index is 0.202. The number of hydrogen-bond donors (Lipinski definition) is 3. The predicted molar refractivity (Wildman–Crippen MR) is 139 cm³/mol. The lowest BCUT2D eigenvalue weighted by molar-refractivity contribution is -0.385. The van der Waals surface area contributed by atoms with Gasteiger partial charge < -0.3 is 25.4 Å². The fraction of sp³-hybridized carbons (Fsp3) is 0.429. The fourth-order valence-corrected chi connectivity index (χ4v) is 4.07. The van der Waals surface area contributed by atoms with Crippen LogP contribution in [0.2, 0.25) is 0 Å². The third-order valence-corrected chi connectivity index (χ3v) is 6.18. The Morgan fingerprint density at radius 2 is 2.11 bits per heavy atom. The van der Waals surface area contributed by atoms with Crippen LogP contribution in [0, 0.1) is 10.1 Å². The first-order chi connectivity index (χ1) is 16.7. The van der Waals surface area contributed by atoms with Crippen molar-refractivity contribution < 1.29 is 19.6 Å². The molecule has 3 N–H and O–H groups in total. The summed E-state index contributed by atoms with van der Waals surface area (Å²) in [4.78, 5) is 37.9. The highest BCUT2D eigenvalue weighted by Crippen LogP contribution is 2.38. The Morgan fingerprint density at radius 3 is 2.69 bits per heavy atom. The molecule has 3 rings (SSSR count). The summed E-state index contributed by atoms with van der Waals surface area (Å²) in [5, 5.41) is 27.8. The number of benzene rings is 1. The number of carboxylic acid groups (broad SMARTS) is 1. The van der Waals surface area contributed by atoms with Crippen LogP contribution in [0.5, 0.6) is 11.6 Å². The van der Waals surface area contributed by atoms with Crippen molar-refractivity contribution in [1.82, 2.24) is 15.3 Å². The van der Waals surface area contributed by atoms with E-state index < -0.39 is 22.6 Å². The van der Waals surface area contributed by atoms with Gasteiger partial charge in [0.15, 0.2) is 5.16 Å². The van der Waals surface area contributed by atoms with Gasteiger partial charge in [0.05, 0.1) is 11.5 Å². The van der Waals surface area contributed by atoms with Crippen LogP contribution in [0.3, 0.4) is 0 Å². The molecule has 35 heavy (non-hydrogen) atoms. The number of rotatable bonds is 12. The van der Waals surface area contributed by atoms with Crippen molar-refractivity contribution in [3.8, 4) is 11.6 Å². The zero-order valence-corrected chi connectivity index (χ0v) is 21.4. The highest BCUT2D eigenvalue weighted by Gasteiger charge is 2.30. The number of aromatic nitrogens is 2. The van der Waals surface area contributed by atoms with Gasteiger partial charge in [0, 0.05) is 38.0 Å². The first kappa shape index (κ1) is 26.3. The molecule has 12 nitrogen and oxygen atoms in total. The number of carboxylic acids is 1. The molecule has 188 valence electrons. The smallest absolute Gasteiger partial charge is 0.373 e. The Hall–Kier alpha value is -3.26. The Bertz CT molecular complexity index is 1130. The normalized spacial score (nSPS) is 13.5. The van der Waals surface area contributed by atoms with Gasteiger partial charge in [-0.3, -0.25) is 15.1 Å². The summed E-state index contributed by atoms with van der Waals surface area (Å²) in [6, 6.07) is 4.33. The van der Waals surface area contributed by atoms with Gasteiger partial charge in [-0.1, -0.05) is 11.8 Å². The molecule has 1 aliphatic heterocycles. The Labute approximate surface area is 211 Å². The minimum Gasteiger partial charge on any atom is -0.480 e. The quantitative estimate of drug-likeness (QED) is 0.163. The molecule has 0 spiro atoms. The molecule has 0 radical (unpaired) electrons. The molecule has 1 aliphatic rings. The number of hydrogen-bond acceptors (Lipinski definition) is 12. The van der Waals surface area contributed by atoms with Crippen LogP contribution in [0.1, 0.15) is 12.0 Å². The lowest BCUT2D eigenvalue weighted by Crippen LogP contribution is -2.30. The number of amidine groups is 1. The van der Waals surface area contributed by atoms with Gasteiger partial charge in [-0.15, -0.1) is 0 Å². The number of nitrogens with one attached hydrogen (secondary N) is 2. The summed E-state index contributed by atoms with van der Waals surface area (Å²) < 4.78 is 5.96. The number of nitro groups is 1. The van der Waals surface area contributed by atoms with E-state index in [9.17, 15) is 20.0 Å². The van der Waals surface area contributed by atoms with Crippen molar-refractivity contribution in [2.45, 2.75) is 17.6 Å². The molecule has 2 heterocycles. The molecule has 0 amide bonds. The van der Waals surface area contributed by atoms with Gasteiger partial charge in [-0.05, 0) is 36.8 Å². The van der Waals surface area contributed by atoms with Gasteiger partial charge in [0.25, 0.3) is 0 Å². The number of nitrogens with zero attached hydrogens (tertiary/aromatic N) is 5. The van der Waals surface area contributed by atoms with Gasteiger partial charge in [-0.25, -0.2) is 4.79 Å². The van der Waals surface area contributed by atoms with Crippen LogP contribution in [0.25, 0.3) is 0 Å². The Morgan fingerprint density at radius 1 is 1.34 bits per heavy atom. The summed E-state index contributed by atoms with van der Waals surface area (Å²) >= 11 is 2.64. The summed E-state index contributed by atoms with van der Waals surface area (Å²) in [5.41, 5.74) is 1.04. The fourth-order valence-electron chi connectivity index (χ4n) is 3.24. The second-order valence-electron chi connectivity index (χ2n) is 7.66. The van der Waals surface area contributed by atoms with E-state index in [0.29, 0.717) is 23.9 Å². The van der Waals surface area contributed by atoms with Gasteiger partial charge in [0.1, 0.15) is 17.6 Å². The number of thioether (sulfide) groups is 2. The molecule has 14 heteroatoms. The van der Waals surface area contributed by atoms with E-state index in [1.807, 2.05) is 31.3 Å². The Kier molecular flexibility index (Phi) is 8.98. The Balaban J connectivity index is 2.07. The van der Waals surface area contributed by atoms with Crippen molar-refractivity contribution >= 4 is 52.5 Å². The third-order valence-electron chi connectivity index (χ3n) is 4.99. The molecule has 1 aromatic carbocycles. The molecule has 2 aromatic rings. The van der Waals surface area contributed by atoms with E-state index in [4.69, 9.17) is 4.74 Å². The first-order valence-electron chi connectivity index (χ1n) is 10.6. The molecule has 0 bridgehead atoms. The maximum atomic E-state index is 12.1. The summed E-state index contributed by atoms with van der Waals surface area (Å²) in [7, 11) is 3.74. The van der Waals surface area contributed by atoms with E-state index in [1.165, 1.54) is 11.8 Å². The van der Waals surface area contributed by atoms with Crippen LogP contribution < -0.4 is 20.3 Å². The summed E-state index contributed by atoms with van der Waals surface area (Å²) in [6.07, 6.45) is 3.82. The molecule has 1 atom stereocenters. The second-order valence-corrected chi connectivity index (χ2v) is 9.41. The van der Waals surface area contributed by atoms with E-state index in [2.05, 4.69) is 25.6 Å². The summed E-state index contributed by atoms with van der Waals surface area (Å²) in [6.45, 7) is 1.38. The van der Waals surface area contributed by atoms with E-state index >= 15 is 0 Å². The van der Waals surface area contributed by atoms with Crippen molar-refractivity contribution in [1.29, 1.82) is 0 Å². The zero-order chi connectivity index (χ0) is 25.5. The highest BCUT2D eigenvalue weighted by atomic mass is 32.2. The molecule has 1 aromatic heterocycles. The maximum absolute atomic E-state index is 12.1. The van der Waals surface area contributed by atoms with Crippen LogP contribution in [-0.2, 0) is 4.79 Å². The molecular formula is C21H27N7O5S2. The van der Waals surface area contributed by atoms with Gasteiger partial charge in [-0.2, -0.15) is 21.7 Å². The second kappa shape index (κ2) is 11.9. The van der Waals surface area contributed by atoms with Crippen LogP contribution in [0.15, 0.2) is 28.3 Å². The largest absolute Gasteiger partial charge is 0.480 e. The number of anilines is 2. The van der Waals surface area contributed by atoms with Crippen molar-refractivity contribution in [3.63, 3.8) is 0 Å². The first-order valence-corrected chi connectivity index (χ1v) is 13.2. The number of aliphatic carboxylic acids is 1. The highest BCUT2D eigenvalue weighted by molar-refractivity contribution is 7.98. The number of carbonyl (C=O) groups is 1. The average Bonchev–Trinajstić information content (AvgIpc) is 3.36. The minimum atomic E-state index is -1.13. The molecule has 1 unspecified atom stereocenters. The van der Waals surface area contributed by atoms with Crippen molar-refractivity contribution in [3.05, 3.63) is 33.9 Å². The van der Waals surface area contributed by atoms with Crippen LogP contribution in [-0.4, -0.2) is 83.3 Å². The number of ether oxygens (including phenoxy) is 1. The molecule has 0 aliphatic carbocycles. The monoisotopic (exact) mass is 521 g/mol. The molecular weight excluding hydrogens is 494 g/mol. The van der Waals surface area contributed by atoms with Gasteiger partial charge >= 0.3 is 17.5 Å². The standard InChI is InChI=1S/C21H27N7O5S2/c1-27(2)13-9-12(17-22-6-7-23-17)10-14(11-13)33-19-16(28(31)32)18(25-21(26-19)35-4)24-15(20(29)30)5-8-34-3/h9-11,15H,5-8H2,1-4H3,(H,22,23)(H,29,30)(H,24,25,26). The van der Waals surface area contributed by atoms with E-state index in [0.717, 1.165) is 29.6 Å². The van der Waals surface area contributed by atoms with Gasteiger partial charge in [0.2, 0.25) is 5.82 Å². The number of aliphatic imine (C=N–C) groups is 1. The zero-order valence-electron chi connectivity index (χ0n) is 19.8.